The first-order chi connectivity index (χ1) is 12.8. The fraction of sp³-hybridized carbons (Fsp3) is 0.333. The number of nitrogens with one attached hydrogen (secondary N) is 1. The minimum atomic E-state index is 0.335. The van der Waals surface area contributed by atoms with Crippen molar-refractivity contribution >= 4 is 0 Å². The SMILES string of the molecule is Cc1ccc2c(c1)C(NCc1ccc(Cn3cncn3)cc1)CCCO2. The molecular formula is C21H24N4O. The third-order valence-corrected chi connectivity index (χ3v) is 4.82. The van der Waals surface area contributed by atoms with Crippen LogP contribution >= 0.6 is 0 Å². The van der Waals surface area contributed by atoms with Gasteiger partial charge >= 0.3 is 0 Å². The summed E-state index contributed by atoms with van der Waals surface area (Å²) in [5.74, 6) is 1.02. The van der Waals surface area contributed by atoms with Gasteiger partial charge < -0.3 is 10.1 Å². The summed E-state index contributed by atoms with van der Waals surface area (Å²) in [6, 6.07) is 15.5. The Bertz CT molecular complexity index is 843. The van der Waals surface area contributed by atoms with E-state index in [2.05, 4.69) is 64.8 Å². The molecule has 0 amide bonds. The molecule has 0 radical (unpaired) electrons. The molecule has 0 spiro atoms. The zero-order valence-corrected chi connectivity index (χ0v) is 15.1. The summed E-state index contributed by atoms with van der Waals surface area (Å²) in [7, 11) is 0. The smallest absolute Gasteiger partial charge is 0.137 e. The van der Waals surface area contributed by atoms with E-state index < -0.39 is 0 Å². The third-order valence-electron chi connectivity index (χ3n) is 4.82. The summed E-state index contributed by atoms with van der Waals surface area (Å²) in [4.78, 5) is 3.98. The molecule has 5 heteroatoms. The Balaban J connectivity index is 1.41. The van der Waals surface area contributed by atoms with Crippen molar-refractivity contribution in [3.05, 3.63) is 77.4 Å². The predicted molar refractivity (Wildman–Crippen MR) is 101 cm³/mol. The van der Waals surface area contributed by atoms with E-state index in [0.29, 0.717) is 6.04 Å². The van der Waals surface area contributed by atoms with Crippen molar-refractivity contribution in [1.29, 1.82) is 0 Å². The van der Waals surface area contributed by atoms with Crippen molar-refractivity contribution in [2.45, 2.75) is 38.9 Å². The molecule has 2 heterocycles. The number of rotatable bonds is 5. The fourth-order valence-corrected chi connectivity index (χ4v) is 3.41. The topological polar surface area (TPSA) is 52.0 Å². The summed E-state index contributed by atoms with van der Waals surface area (Å²) in [6.45, 7) is 4.53. The van der Waals surface area contributed by atoms with Gasteiger partial charge in [0, 0.05) is 18.2 Å². The van der Waals surface area contributed by atoms with Crippen LogP contribution < -0.4 is 10.1 Å². The number of benzene rings is 2. The van der Waals surface area contributed by atoms with E-state index in [-0.39, 0.29) is 0 Å². The van der Waals surface area contributed by atoms with Gasteiger partial charge in [0.1, 0.15) is 18.4 Å². The van der Waals surface area contributed by atoms with Crippen molar-refractivity contribution in [3.8, 4) is 5.75 Å². The maximum atomic E-state index is 5.90. The lowest BCUT2D eigenvalue weighted by Gasteiger charge is -2.19. The Morgan fingerprint density at radius 3 is 2.81 bits per heavy atom. The van der Waals surface area contributed by atoms with Gasteiger partial charge in [-0.15, -0.1) is 0 Å². The highest BCUT2D eigenvalue weighted by Crippen LogP contribution is 2.32. The molecule has 1 N–H and O–H groups in total. The Morgan fingerprint density at radius 1 is 1.15 bits per heavy atom. The lowest BCUT2D eigenvalue weighted by molar-refractivity contribution is 0.315. The molecule has 134 valence electrons. The Morgan fingerprint density at radius 2 is 2.00 bits per heavy atom. The predicted octanol–water partition coefficient (Wildman–Crippen LogP) is 3.64. The van der Waals surface area contributed by atoms with E-state index in [0.717, 1.165) is 38.3 Å². The number of fused-ring (bicyclic) bond motifs is 1. The average molecular weight is 348 g/mol. The van der Waals surface area contributed by atoms with Crippen molar-refractivity contribution < 1.29 is 4.74 Å². The summed E-state index contributed by atoms with van der Waals surface area (Å²) in [6.07, 6.45) is 5.47. The van der Waals surface area contributed by atoms with Gasteiger partial charge in [-0.2, -0.15) is 5.10 Å². The van der Waals surface area contributed by atoms with Gasteiger partial charge in [0.25, 0.3) is 0 Å². The fourth-order valence-electron chi connectivity index (χ4n) is 3.41. The van der Waals surface area contributed by atoms with E-state index in [1.165, 1.54) is 22.3 Å². The molecule has 2 aromatic carbocycles. The number of hydrogen-bond donors (Lipinski definition) is 1. The highest BCUT2D eigenvalue weighted by Gasteiger charge is 2.19. The van der Waals surface area contributed by atoms with Crippen LogP contribution in [0.2, 0.25) is 0 Å². The molecule has 1 unspecified atom stereocenters. The van der Waals surface area contributed by atoms with Crippen LogP contribution in [-0.4, -0.2) is 21.4 Å². The molecule has 0 bridgehead atoms. The van der Waals surface area contributed by atoms with E-state index >= 15 is 0 Å². The van der Waals surface area contributed by atoms with Crippen LogP contribution in [0.15, 0.2) is 55.1 Å². The monoisotopic (exact) mass is 348 g/mol. The van der Waals surface area contributed by atoms with Gasteiger partial charge in [-0.25, -0.2) is 9.67 Å². The first-order valence-corrected chi connectivity index (χ1v) is 9.15. The molecule has 1 aliphatic rings. The Labute approximate surface area is 154 Å². The molecule has 26 heavy (non-hydrogen) atoms. The molecule has 1 atom stereocenters. The van der Waals surface area contributed by atoms with Crippen LogP contribution in [0.1, 0.15) is 41.1 Å². The quantitative estimate of drug-likeness (QED) is 0.765. The highest BCUT2D eigenvalue weighted by atomic mass is 16.5. The van der Waals surface area contributed by atoms with E-state index in [1.54, 1.807) is 12.7 Å². The molecular weight excluding hydrogens is 324 g/mol. The normalized spacial score (nSPS) is 16.6. The van der Waals surface area contributed by atoms with Crippen LogP contribution in [0.3, 0.4) is 0 Å². The second-order valence-corrected chi connectivity index (χ2v) is 6.88. The zero-order valence-electron chi connectivity index (χ0n) is 15.1. The number of aromatic nitrogens is 3. The third kappa shape index (κ3) is 3.94. The molecule has 1 aromatic heterocycles. The maximum Gasteiger partial charge on any atom is 0.137 e. The van der Waals surface area contributed by atoms with Crippen LogP contribution in [0.4, 0.5) is 0 Å². The summed E-state index contributed by atoms with van der Waals surface area (Å²) < 4.78 is 7.73. The van der Waals surface area contributed by atoms with E-state index in [4.69, 9.17) is 4.74 Å². The molecule has 4 rings (SSSR count). The van der Waals surface area contributed by atoms with Crippen molar-refractivity contribution in [1.82, 2.24) is 20.1 Å². The average Bonchev–Trinajstić information content (AvgIpc) is 3.08. The molecule has 5 nitrogen and oxygen atoms in total. The number of hydrogen-bond acceptors (Lipinski definition) is 4. The van der Waals surface area contributed by atoms with Gasteiger partial charge in [0.2, 0.25) is 0 Å². The minimum Gasteiger partial charge on any atom is -0.493 e. The van der Waals surface area contributed by atoms with Gasteiger partial charge in [-0.1, -0.05) is 42.0 Å². The lowest BCUT2D eigenvalue weighted by Crippen LogP contribution is -2.20. The largest absolute Gasteiger partial charge is 0.493 e. The number of ether oxygens (including phenoxy) is 1. The first-order valence-electron chi connectivity index (χ1n) is 9.15. The summed E-state index contributed by atoms with van der Waals surface area (Å²) >= 11 is 0. The molecule has 3 aromatic rings. The molecule has 0 saturated carbocycles. The highest BCUT2D eigenvalue weighted by molar-refractivity contribution is 5.40. The lowest BCUT2D eigenvalue weighted by atomic mass is 9.99. The van der Waals surface area contributed by atoms with E-state index in [9.17, 15) is 0 Å². The van der Waals surface area contributed by atoms with Gasteiger partial charge in [0.05, 0.1) is 13.2 Å². The van der Waals surface area contributed by atoms with Crippen LogP contribution in [-0.2, 0) is 13.1 Å². The summed E-state index contributed by atoms with van der Waals surface area (Å²) in [5, 5.41) is 7.87. The standard InChI is InChI=1S/C21H24N4O/c1-16-4-9-21-19(11-16)20(3-2-10-26-21)23-12-17-5-7-18(8-6-17)13-25-15-22-14-24-25/h4-9,11,14-15,20,23H,2-3,10,12-13H2,1H3. The van der Waals surface area contributed by atoms with Crippen LogP contribution in [0.25, 0.3) is 0 Å². The Hall–Kier alpha value is -2.66. The van der Waals surface area contributed by atoms with Crippen molar-refractivity contribution in [2.24, 2.45) is 0 Å². The van der Waals surface area contributed by atoms with Crippen LogP contribution in [0, 0.1) is 6.92 Å². The van der Waals surface area contributed by atoms with Gasteiger partial charge in [0.15, 0.2) is 0 Å². The van der Waals surface area contributed by atoms with Crippen molar-refractivity contribution in [2.75, 3.05) is 6.61 Å². The second kappa shape index (κ2) is 7.70. The molecule has 0 saturated heterocycles. The number of aryl methyl sites for hydroxylation is 1. The Kier molecular flexibility index (Phi) is 4.97. The van der Waals surface area contributed by atoms with Crippen molar-refractivity contribution in [3.63, 3.8) is 0 Å². The van der Waals surface area contributed by atoms with E-state index in [1.807, 2.05) is 4.68 Å². The summed E-state index contributed by atoms with van der Waals surface area (Å²) in [5.41, 5.74) is 5.07. The second-order valence-electron chi connectivity index (χ2n) is 6.88. The molecule has 0 aliphatic carbocycles. The number of nitrogens with zero attached hydrogens (tertiary/aromatic N) is 3. The molecule has 1 aliphatic heterocycles. The first kappa shape index (κ1) is 16.8. The van der Waals surface area contributed by atoms with Gasteiger partial charge in [-0.3, -0.25) is 0 Å². The minimum absolute atomic E-state index is 0.335. The van der Waals surface area contributed by atoms with Crippen LogP contribution in [0.5, 0.6) is 5.75 Å². The maximum absolute atomic E-state index is 5.90. The van der Waals surface area contributed by atoms with Gasteiger partial charge in [-0.05, 0) is 37.0 Å². The molecule has 0 fully saturated rings. The zero-order chi connectivity index (χ0) is 17.8.